The SMILES string of the molecule is Cc1nc(C(=O)NCC2(O)CCC2)no1. The second kappa shape index (κ2) is 3.62. The van der Waals surface area contributed by atoms with Gasteiger partial charge in [-0.25, -0.2) is 0 Å². The molecule has 2 rings (SSSR count). The third kappa shape index (κ3) is 2.15. The lowest BCUT2D eigenvalue weighted by Gasteiger charge is -2.36. The molecular formula is C9H13N3O3. The van der Waals surface area contributed by atoms with E-state index in [1.165, 1.54) is 0 Å². The number of carbonyl (C=O) groups is 1. The molecule has 0 atom stereocenters. The van der Waals surface area contributed by atoms with Crippen molar-refractivity contribution in [1.29, 1.82) is 0 Å². The lowest BCUT2D eigenvalue weighted by molar-refractivity contribution is -0.0301. The van der Waals surface area contributed by atoms with Crippen LogP contribution >= 0.6 is 0 Å². The largest absolute Gasteiger partial charge is 0.388 e. The number of amides is 1. The van der Waals surface area contributed by atoms with Crippen molar-refractivity contribution in [3.05, 3.63) is 11.7 Å². The van der Waals surface area contributed by atoms with Gasteiger partial charge in [-0.15, -0.1) is 0 Å². The van der Waals surface area contributed by atoms with Gasteiger partial charge in [0, 0.05) is 13.5 Å². The lowest BCUT2D eigenvalue weighted by atomic mass is 9.80. The summed E-state index contributed by atoms with van der Waals surface area (Å²) < 4.78 is 4.67. The fourth-order valence-electron chi connectivity index (χ4n) is 1.48. The number of hydrogen-bond acceptors (Lipinski definition) is 5. The van der Waals surface area contributed by atoms with Crippen LogP contribution in [0.2, 0.25) is 0 Å². The fraction of sp³-hybridized carbons (Fsp3) is 0.667. The smallest absolute Gasteiger partial charge is 0.292 e. The van der Waals surface area contributed by atoms with Crippen LogP contribution in [0, 0.1) is 6.92 Å². The number of aryl methyl sites for hydroxylation is 1. The van der Waals surface area contributed by atoms with E-state index < -0.39 is 11.5 Å². The van der Waals surface area contributed by atoms with Crippen molar-refractivity contribution >= 4 is 5.91 Å². The molecule has 1 saturated carbocycles. The van der Waals surface area contributed by atoms with Crippen molar-refractivity contribution in [2.45, 2.75) is 31.8 Å². The minimum absolute atomic E-state index is 0.00965. The molecule has 0 unspecified atom stereocenters. The standard InChI is InChI=1S/C9H13N3O3/c1-6-11-7(12-15-6)8(13)10-5-9(14)3-2-4-9/h14H,2-5H2,1H3,(H,10,13). The highest BCUT2D eigenvalue weighted by atomic mass is 16.5. The van der Waals surface area contributed by atoms with E-state index in [-0.39, 0.29) is 12.4 Å². The number of nitrogens with zero attached hydrogens (tertiary/aromatic N) is 2. The van der Waals surface area contributed by atoms with Crippen LogP contribution in [-0.2, 0) is 0 Å². The van der Waals surface area contributed by atoms with Gasteiger partial charge in [0.05, 0.1) is 5.60 Å². The molecule has 0 bridgehead atoms. The summed E-state index contributed by atoms with van der Waals surface area (Å²) in [5, 5.41) is 15.8. The first-order chi connectivity index (χ1) is 7.09. The second-order valence-corrected chi connectivity index (χ2v) is 3.90. The Labute approximate surface area is 86.7 Å². The molecule has 6 heteroatoms. The Balaban J connectivity index is 1.87. The van der Waals surface area contributed by atoms with Crippen molar-refractivity contribution in [3.63, 3.8) is 0 Å². The van der Waals surface area contributed by atoms with E-state index in [2.05, 4.69) is 20.0 Å². The Kier molecular flexibility index (Phi) is 2.44. The van der Waals surface area contributed by atoms with Crippen molar-refractivity contribution in [2.24, 2.45) is 0 Å². The van der Waals surface area contributed by atoms with E-state index in [0.717, 1.165) is 19.3 Å². The monoisotopic (exact) mass is 211 g/mol. The molecule has 1 aromatic rings. The lowest BCUT2D eigenvalue weighted by Crippen LogP contribution is -2.47. The Morgan fingerprint density at radius 3 is 2.87 bits per heavy atom. The highest BCUT2D eigenvalue weighted by molar-refractivity contribution is 5.90. The Morgan fingerprint density at radius 1 is 1.67 bits per heavy atom. The minimum atomic E-state index is -0.728. The molecule has 1 aromatic heterocycles. The number of carbonyl (C=O) groups excluding carboxylic acids is 1. The Bertz CT molecular complexity index is 370. The van der Waals surface area contributed by atoms with Gasteiger partial charge < -0.3 is 14.9 Å². The molecule has 1 aliphatic rings. The first-order valence-corrected chi connectivity index (χ1v) is 4.90. The van der Waals surface area contributed by atoms with E-state index in [9.17, 15) is 9.90 Å². The second-order valence-electron chi connectivity index (χ2n) is 3.90. The Morgan fingerprint density at radius 2 is 2.40 bits per heavy atom. The minimum Gasteiger partial charge on any atom is -0.388 e. The zero-order valence-corrected chi connectivity index (χ0v) is 8.49. The van der Waals surface area contributed by atoms with Crippen LogP contribution in [0.25, 0.3) is 0 Å². The summed E-state index contributed by atoms with van der Waals surface area (Å²) in [6.07, 6.45) is 2.48. The first-order valence-electron chi connectivity index (χ1n) is 4.90. The quantitative estimate of drug-likeness (QED) is 0.736. The fourth-order valence-corrected chi connectivity index (χ4v) is 1.48. The molecule has 1 aliphatic carbocycles. The molecule has 15 heavy (non-hydrogen) atoms. The van der Waals surface area contributed by atoms with Gasteiger partial charge in [-0.05, 0) is 19.3 Å². The van der Waals surface area contributed by atoms with Gasteiger partial charge in [0.1, 0.15) is 0 Å². The zero-order valence-electron chi connectivity index (χ0n) is 8.49. The van der Waals surface area contributed by atoms with E-state index in [4.69, 9.17) is 0 Å². The highest BCUT2D eigenvalue weighted by Gasteiger charge is 2.34. The summed E-state index contributed by atoms with van der Waals surface area (Å²) in [6.45, 7) is 1.86. The summed E-state index contributed by atoms with van der Waals surface area (Å²) in [4.78, 5) is 15.2. The van der Waals surface area contributed by atoms with Crippen molar-refractivity contribution in [1.82, 2.24) is 15.5 Å². The van der Waals surface area contributed by atoms with Gasteiger partial charge >= 0.3 is 0 Å². The number of hydrogen-bond donors (Lipinski definition) is 2. The van der Waals surface area contributed by atoms with Gasteiger partial charge in [-0.2, -0.15) is 4.98 Å². The predicted molar refractivity (Wildman–Crippen MR) is 50.2 cm³/mol. The molecule has 0 saturated heterocycles. The average Bonchev–Trinajstić information content (AvgIpc) is 2.58. The summed E-state index contributed by atoms with van der Waals surface area (Å²) in [7, 11) is 0. The van der Waals surface area contributed by atoms with Crippen molar-refractivity contribution in [2.75, 3.05) is 6.54 Å². The van der Waals surface area contributed by atoms with Crippen LogP contribution in [0.15, 0.2) is 4.52 Å². The van der Waals surface area contributed by atoms with Crippen LogP contribution in [0.4, 0.5) is 0 Å². The topological polar surface area (TPSA) is 88.2 Å². The van der Waals surface area contributed by atoms with Crippen molar-refractivity contribution in [3.8, 4) is 0 Å². The summed E-state index contributed by atoms with van der Waals surface area (Å²) in [5.74, 6) is -0.0508. The third-order valence-corrected chi connectivity index (χ3v) is 2.59. The number of rotatable bonds is 3. The van der Waals surface area contributed by atoms with E-state index >= 15 is 0 Å². The molecule has 0 spiro atoms. The van der Waals surface area contributed by atoms with Crippen LogP contribution in [0.5, 0.6) is 0 Å². The van der Waals surface area contributed by atoms with Crippen LogP contribution in [0.1, 0.15) is 35.8 Å². The van der Waals surface area contributed by atoms with Gasteiger partial charge in [-0.3, -0.25) is 4.79 Å². The number of aromatic nitrogens is 2. The van der Waals surface area contributed by atoms with Gasteiger partial charge in [0.25, 0.3) is 11.7 Å². The van der Waals surface area contributed by atoms with Crippen LogP contribution in [0.3, 0.4) is 0 Å². The van der Waals surface area contributed by atoms with Crippen LogP contribution in [-0.4, -0.2) is 33.3 Å². The third-order valence-electron chi connectivity index (χ3n) is 2.59. The molecular weight excluding hydrogens is 198 g/mol. The maximum absolute atomic E-state index is 11.4. The van der Waals surface area contributed by atoms with E-state index in [1.807, 2.05) is 0 Å². The Hall–Kier alpha value is -1.43. The number of nitrogens with one attached hydrogen (secondary N) is 1. The van der Waals surface area contributed by atoms with E-state index in [1.54, 1.807) is 6.92 Å². The van der Waals surface area contributed by atoms with Crippen molar-refractivity contribution < 1.29 is 14.4 Å². The molecule has 0 radical (unpaired) electrons. The van der Waals surface area contributed by atoms with Crippen LogP contribution < -0.4 is 5.32 Å². The molecule has 1 heterocycles. The summed E-state index contributed by atoms with van der Waals surface area (Å²) in [5.41, 5.74) is -0.728. The average molecular weight is 211 g/mol. The molecule has 6 nitrogen and oxygen atoms in total. The normalized spacial score (nSPS) is 18.3. The summed E-state index contributed by atoms with van der Waals surface area (Å²) >= 11 is 0. The first kappa shape index (κ1) is 10.1. The highest BCUT2D eigenvalue weighted by Crippen LogP contribution is 2.30. The predicted octanol–water partition coefficient (Wildman–Crippen LogP) is 0.0228. The van der Waals surface area contributed by atoms with Gasteiger partial charge in [0.15, 0.2) is 0 Å². The molecule has 0 aromatic carbocycles. The van der Waals surface area contributed by atoms with Gasteiger partial charge in [-0.1, -0.05) is 5.16 Å². The zero-order chi connectivity index (χ0) is 10.9. The van der Waals surface area contributed by atoms with E-state index in [0.29, 0.717) is 5.89 Å². The molecule has 1 amide bonds. The molecule has 0 aliphatic heterocycles. The maximum atomic E-state index is 11.4. The number of aliphatic hydroxyl groups is 1. The maximum Gasteiger partial charge on any atom is 0.292 e. The molecule has 82 valence electrons. The summed E-state index contributed by atoms with van der Waals surface area (Å²) in [6, 6.07) is 0. The molecule has 1 fully saturated rings. The molecule has 2 N–H and O–H groups in total. The van der Waals surface area contributed by atoms with Gasteiger partial charge in [0.2, 0.25) is 5.89 Å².